The van der Waals surface area contributed by atoms with Gasteiger partial charge in [0, 0.05) is 10.6 Å². The molecule has 3 aromatic rings. The summed E-state index contributed by atoms with van der Waals surface area (Å²) in [6.07, 6.45) is -0.0748. The minimum absolute atomic E-state index is 0.00431. The average Bonchev–Trinajstić information content (AvgIpc) is 2.91. The minimum atomic E-state index is -0.809. The second-order valence-corrected chi connectivity index (χ2v) is 4.89. The van der Waals surface area contributed by atoms with Gasteiger partial charge in [0.15, 0.2) is 0 Å². The van der Waals surface area contributed by atoms with Crippen molar-refractivity contribution >= 4 is 11.6 Å². The number of hydrogen-bond donors (Lipinski definition) is 0. The zero-order chi connectivity index (χ0) is 15.7. The summed E-state index contributed by atoms with van der Waals surface area (Å²) in [5, 5.41) is 3.74. The monoisotopic (exact) mass is 324 g/mol. The maximum absolute atomic E-state index is 13.7. The van der Waals surface area contributed by atoms with E-state index in [9.17, 15) is 13.2 Å². The van der Waals surface area contributed by atoms with E-state index in [0.29, 0.717) is 0 Å². The van der Waals surface area contributed by atoms with Gasteiger partial charge < -0.3 is 4.52 Å². The molecule has 0 N–H and O–H groups in total. The van der Waals surface area contributed by atoms with Gasteiger partial charge in [0.25, 0.3) is 0 Å². The molecule has 0 saturated heterocycles. The number of halogens is 4. The van der Waals surface area contributed by atoms with Crippen LogP contribution in [0.1, 0.15) is 11.5 Å². The van der Waals surface area contributed by atoms with Gasteiger partial charge in [-0.05, 0) is 24.3 Å². The standard InChI is InChI=1S/C15H8ClF3N2O/c16-9-3-1-4-10(17)8(9)7-13-20-15(21-22-13)14-11(18)5-2-6-12(14)19/h1-6H,7H2. The molecular weight excluding hydrogens is 317 g/mol. The second kappa shape index (κ2) is 5.81. The Morgan fingerprint density at radius 3 is 2.27 bits per heavy atom. The minimum Gasteiger partial charge on any atom is -0.339 e. The first-order valence-corrected chi connectivity index (χ1v) is 6.64. The van der Waals surface area contributed by atoms with Crippen LogP contribution in [0.25, 0.3) is 11.4 Å². The van der Waals surface area contributed by atoms with Crippen LogP contribution in [0.15, 0.2) is 40.9 Å². The summed E-state index contributed by atoms with van der Waals surface area (Å²) in [4.78, 5) is 3.90. The Balaban J connectivity index is 1.95. The molecule has 112 valence electrons. The summed E-state index contributed by atoms with van der Waals surface area (Å²) in [7, 11) is 0. The van der Waals surface area contributed by atoms with E-state index >= 15 is 0 Å². The predicted molar refractivity (Wildman–Crippen MR) is 73.9 cm³/mol. The van der Waals surface area contributed by atoms with Crippen molar-refractivity contribution in [2.45, 2.75) is 6.42 Å². The highest BCUT2D eigenvalue weighted by atomic mass is 35.5. The summed E-state index contributed by atoms with van der Waals surface area (Å²) in [6.45, 7) is 0. The van der Waals surface area contributed by atoms with Crippen molar-refractivity contribution < 1.29 is 17.7 Å². The zero-order valence-electron chi connectivity index (χ0n) is 11.0. The maximum Gasteiger partial charge on any atom is 0.231 e. The van der Waals surface area contributed by atoms with E-state index in [-0.39, 0.29) is 28.7 Å². The lowest BCUT2D eigenvalue weighted by Crippen LogP contribution is -1.95. The number of benzene rings is 2. The molecule has 0 aliphatic rings. The number of hydrogen-bond acceptors (Lipinski definition) is 3. The quantitative estimate of drug-likeness (QED) is 0.717. The van der Waals surface area contributed by atoms with E-state index < -0.39 is 23.0 Å². The third-order valence-corrected chi connectivity index (χ3v) is 3.40. The molecule has 0 radical (unpaired) electrons. The van der Waals surface area contributed by atoms with Crippen molar-refractivity contribution in [1.29, 1.82) is 0 Å². The summed E-state index contributed by atoms with van der Waals surface area (Å²) in [5.74, 6) is -2.38. The van der Waals surface area contributed by atoms with E-state index in [2.05, 4.69) is 10.1 Å². The van der Waals surface area contributed by atoms with Crippen LogP contribution in [0.4, 0.5) is 13.2 Å². The van der Waals surface area contributed by atoms with Crippen LogP contribution in [-0.4, -0.2) is 10.1 Å². The molecule has 0 spiro atoms. The van der Waals surface area contributed by atoms with Crippen molar-refractivity contribution in [3.63, 3.8) is 0 Å². The van der Waals surface area contributed by atoms with Gasteiger partial charge in [0.1, 0.15) is 17.5 Å². The molecule has 0 bridgehead atoms. The molecule has 0 amide bonds. The lowest BCUT2D eigenvalue weighted by atomic mass is 10.1. The molecule has 3 nitrogen and oxygen atoms in total. The first kappa shape index (κ1) is 14.6. The van der Waals surface area contributed by atoms with E-state index in [1.807, 2.05) is 0 Å². The fourth-order valence-electron chi connectivity index (χ4n) is 1.99. The normalized spacial score (nSPS) is 10.9. The van der Waals surface area contributed by atoms with E-state index in [0.717, 1.165) is 12.1 Å². The van der Waals surface area contributed by atoms with E-state index in [4.69, 9.17) is 16.1 Å². The number of aromatic nitrogens is 2. The van der Waals surface area contributed by atoms with Crippen LogP contribution in [0, 0.1) is 17.5 Å². The van der Waals surface area contributed by atoms with Gasteiger partial charge in [-0.15, -0.1) is 0 Å². The Labute approximate surface area is 128 Å². The molecule has 0 atom stereocenters. The summed E-state index contributed by atoms with van der Waals surface area (Å²) >= 11 is 5.90. The van der Waals surface area contributed by atoms with Gasteiger partial charge >= 0.3 is 0 Å². The molecule has 22 heavy (non-hydrogen) atoms. The lowest BCUT2D eigenvalue weighted by molar-refractivity contribution is 0.383. The van der Waals surface area contributed by atoms with Crippen molar-refractivity contribution in [2.75, 3.05) is 0 Å². The van der Waals surface area contributed by atoms with Crippen LogP contribution >= 0.6 is 11.6 Å². The molecule has 0 aliphatic heterocycles. The van der Waals surface area contributed by atoms with E-state index in [1.54, 1.807) is 0 Å². The third kappa shape index (κ3) is 2.69. The van der Waals surface area contributed by atoms with Crippen molar-refractivity contribution in [1.82, 2.24) is 10.1 Å². The van der Waals surface area contributed by atoms with Crippen molar-refractivity contribution in [3.8, 4) is 11.4 Å². The maximum atomic E-state index is 13.7. The van der Waals surface area contributed by atoms with Gasteiger partial charge in [-0.3, -0.25) is 0 Å². The molecule has 1 aromatic heterocycles. The molecule has 1 heterocycles. The molecule has 0 aliphatic carbocycles. The smallest absolute Gasteiger partial charge is 0.231 e. The predicted octanol–water partition coefficient (Wildman–Crippen LogP) is 4.40. The molecular formula is C15H8ClF3N2O. The SMILES string of the molecule is Fc1cccc(Cl)c1Cc1nc(-c2c(F)cccc2F)no1. The fourth-order valence-corrected chi connectivity index (χ4v) is 2.22. The van der Waals surface area contributed by atoms with Gasteiger partial charge in [-0.1, -0.05) is 28.9 Å². The second-order valence-electron chi connectivity index (χ2n) is 4.49. The molecule has 2 aromatic carbocycles. The van der Waals surface area contributed by atoms with Crippen LogP contribution in [0.3, 0.4) is 0 Å². The largest absolute Gasteiger partial charge is 0.339 e. The van der Waals surface area contributed by atoms with Crippen molar-refractivity contribution in [2.24, 2.45) is 0 Å². The fraction of sp³-hybridized carbons (Fsp3) is 0.0667. The average molecular weight is 325 g/mol. The summed E-state index contributed by atoms with van der Waals surface area (Å²) in [5.41, 5.74) is -0.217. The Morgan fingerprint density at radius 1 is 0.955 bits per heavy atom. The molecule has 0 saturated carbocycles. The first-order valence-electron chi connectivity index (χ1n) is 6.26. The lowest BCUT2D eigenvalue weighted by Gasteiger charge is -2.01. The highest BCUT2D eigenvalue weighted by molar-refractivity contribution is 6.31. The van der Waals surface area contributed by atoms with Gasteiger partial charge in [-0.25, -0.2) is 13.2 Å². The Kier molecular flexibility index (Phi) is 3.85. The van der Waals surface area contributed by atoms with Gasteiger partial charge in [-0.2, -0.15) is 4.98 Å². The zero-order valence-corrected chi connectivity index (χ0v) is 11.7. The van der Waals surface area contributed by atoms with E-state index in [1.165, 1.54) is 24.3 Å². The van der Waals surface area contributed by atoms with Crippen LogP contribution in [0.5, 0.6) is 0 Å². The Morgan fingerprint density at radius 2 is 1.59 bits per heavy atom. The Hall–Kier alpha value is -2.34. The van der Waals surface area contributed by atoms with Crippen LogP contribution in [-0.2, 0) is 6.42 Å². The molecule has 3 rings (SSSR count). The summed E-state index contributed by atoms with van der Waals surface area (Å²) in [6, 6.07) is 7.64. The molecule has 0 unspecified atom stereocenters. The van der Waals surface area contributed by atoms with Crippen LogP contribution in [0.2, 0.25) is 5.02 Å². The highest BCUT2D eigenvalue weighted by Gasteiger charge is 2.18. The number of rotatable bonds is 3. The van der Waals surface area contributed by atoms with Crippen molar-refractivity contribution in [3.05, 3.63) is 70.3 Å². The number of nitrogens with zero attached hydrogens (tertiary/aromatic N) is 2. The Bertz CT molecular complexity index is 795. The molecule has 7 heteroatoms. The van der Waals surface area contributed by atoms with Gasteiger partial charge in [0.05, 0.1) is 12.0 Å². The van der Waals surface area contributed by atoms with Gasteiger partial charge in [0.2, 0.25) is 11.7 Å². The highest BCUT2D eigenvalue weighted by Crippen LogP contribution is 2.25. The molecule has 0 fully saturated rings. The topological polar surface area (TPSA) is 38.9 Å². The van der Waals surface area contributed by atoms with Crippen LogP contribution < -0.4 is 0 Å². The summed E-state index contributed by atoms with van der Waals surface area (Å²) < 4.78 is 45.9. The first-order chi connectivity index (χ1) is 10.6. The third-order valence-electron chi connectivity index (χ3n) is 3.04.